The summed E-state index contributed by atoms with van der Waals surface area (Å²) in [6.07, 6.45) is 0.766. The quantitative estimate of drug-likeness (QED) is 0.362. The van der Waals surface area contributed by atoms with Crippen LogP contribution in [0.15, 0.2) is 65.2 Å². The first-order valence-electron chi connectivity index (χ1n) is 11.7. The van der Waals surface area contributed by atoms with Gasteiger partial charge in [-0.05, 0) is 59.4 Å². The topological polar surface area (TPSA) is 79.5 Å². The number of aryl methyl sites for hydroxylation is 1. The van der Waals surface area contributed by atoms with Crippen LogP contribution < -0.4 is 0 Å². The minimum absolute atomic E-state index is 0.0150. The molecule has 1 aliphatic heterocycles. The summed E-state index contributed by atoms with van der Waals surface area (Å²) < 4.78 is 34.8. The molecule has 8 heteroatoms. The molecular formula is C28H25F2N3O3. The first kappa shape index (κ1) is 23.8. The number of benzene rings is 3. The third-order valence-corrected chi connectivity index (χ3v) is 6.52. The monoisotopic (exact) mass is 489 g/mol. The summed E-state index contributed by atoms with van der Waals surface area (Å²) in [5, 5.41) is 13.2. The Bertz CT molecular complexity index is 1440. The summed E-state index contributed by atoms with van der Waals surface area (Å²) in [6, 6.07) is 18.1. The van der Waals surface area contributed by atoms with Crippen LogP contribution in [0, 0.1) is 6.92 Å². The fourth-order valence-electron chi connectivity index (χ4n) is 4.69. The Hall–Kier alpha value is -3.91. The lowest BCUT2D eigenvalue weighted by Gasteiger charge is -2.27. The van der Waals surface area contributed by atoms with Gasteiger partial charge in [0, 0.05) is 36.7 Å². The number of carboxylic acid groups (broad SMARTS) is 1. The maximum absolute atomic E-state index is 14.7. The summed E-state index contributed by atoms with van der Waals surface area (Å²) >= 11 is 0. The smallest absolute Gasteiger partial charge is 0.317 e. The minimum Gasteiger partial charge on any atom is -0.480 e. The van der Waals surface area contributed by atoms with Crippen LogP contribution in [-0.2, 0) is 23.7 Å². The summed E-state index contributed by atoms with van der Waals surface area (Å²) in [6.45, 7) is 3.97. The predicted molar refractivity (Wildman–Crippen MR) is 132 cm³/mol. The van der Waals surface area contributed by atoms with E-state index in [1.807, 2.05) is 54.3 Å². The number of aromatic nitrogens is 2. The van der Waals surface area contributed by atoms with E-state index in [0.717, 1.165) is 41.2 Å². The molecule has 0 bridgehead atoms. The van der Waals surface area contributed by atoms with Crippen molar-refractivity contribution >= 4 is 5.97 Å². The van der Waals surface area contributed by atoms with Crippen molar-refractivity contribution in [3.8, 4) is 34.0 Å². The highest BCUT2D eigenvalue weighted by molar-refractivity contribution is 5.75. The molecule has 0 amide bonds. The van der Waals surface area contributed by atoms with Gasteiger partial charge >= 0.3 is 5.97 Å². The van der Waals surface area contributed by atoms with Crippen LogP contribution in [0.3, 0.4) is 0 Å². The van der Waals surface area contributed by atoms with Crippen LogP contribution in [0.1, 0.15) is 29.2 Å². The van der Waals surface area contributed by atoms with Crippen molar-refractivity contribution < 1.29 is 23.2 Å². The van der Waals surface area contributed by atoms with Crippen LogP contribution in [0.5, 0.6) is 0 Å². The maximum atomic E-state index is 14.7. The van der Waals surface area contributed by atoms with E-state index < -0.39 is 11.9 Å². The molecule has 0 saturated carbocycles. The first-order valence-corrected chi connectivity index (χ1v) is 11.7. The minimum atomic E-state index is -3.07. The molecule has 2 heterocycles. The predicted octanol–water partition coefficient (Wildman–Crippen LogP) is 5.93. The number of hydrogen-bond acceptors (Lipinski definition) is 5. The molecule has 1 aliphatic rings. The van der Waals surface area contributed by atoms with Crippen molar-refractivity contribution in [2.24, 2.45) is 0 Å². The molecule has 0 atom stereocenters. The van der Waals surface area contributed by atoms with Gasteiger partial charge in [0.15, 0.2) is 0 Å². The zero-order valence-corrected chi connectivity index (χ0v) is 20.0. The molecule has 6 nitrogen and oxygen atoms in total. The molecule has 0 fully saturated rings. The number of carbonyl (C=O) groups is 1. The average molecular weight is 490 g/mol. The van der Waals surface area contributed by atoms with Gasteiger partial charge in [0.1, 0.15) is 0 Å². The van der Waals surface area contributed by atoms with Crippen LogP contribution in [0.4, 0.5) is 8.78 Å². The second-order valence-electron chi connectivity index (χ2n) is 9.22. The fourth-order valence-corrected chi connectivity index (χ4v) is 4.69. The van der Waals surface area contributed by atoms with Crippen molar-refractivity contribution in [2.45, 2.75) is 32.7 Å². The van der Waals surface area contributed by atoms with E-state index in [9.17, 15) is 13.6 Å². The highest BCUT2D eigenvalue weighted by atomic mass is 19.3. The molecular weight excluding hydrogens is 464 g/mol. The number of rotatable bonds is 6. The van der Waals surface area contributed by atoms with E-state index in [1.54, 1.807) is 12.1 Å². The molecule has 3 aromatic carbocycles. The van der Waals surface area contributed by atoms with Gasteiger partial charge < -0.3 is 9.63 Å². The van der Waals surface area contributed by atoms with Crippen molar-refractivity contribution in [2.75, 3.05) is 13.1 Å². The van der Waals surface area contributed by atoms with Crippen molar-refractivity contribution in [3.05, 3.63) is 82.9 Å². The number of nitrogens with zero attached hydrogens (tertiary/aromatic N) is 3. The molecule has 1 N–H and O–H groups in total. The van der Waals surface area contributed by atoms with E-state index in [2.05, 4.69) is 10.1 Å². The SMILES string of the molecule is Cc1ccccc1-c1ccc(-c2nc(-c3ccc4c(c3)CN(CC(=O)O)CC4)no2)cc1C(C)(F)F. The lowest BCUT2D eigenvalue weighted by molar-refractivity contribution is -0.138. The first-order chi connectivity index (χ1) is 17.2. The van der Waals surface area contributed by atoms with Gasteiger partial charge in [-0.2, -0.15) is 4.98 Å². The molecule has 36 heavy (non-hydrogen) atoms. The highest BCUT2D eigenvalue weighted by Crippen LogP contribution is 2.39. The van der Waals surface area contributed by atoms with Crippen molar-refractivity contribution in [3.63, 3.8) is 0 Å². The van der Waals surface area contributed by atoms with Crippen LogP contribution in [0.2, 0.25) is 0 Å². The van der Waals surface area contributed by atoms with E-state index in [-0.39, 0.29) is 18.0 Å². The van der Waals surface area contributed by atoms with Gasteiger partial charge in [0.05, 0.1) is 6.54 Å². The Morgan fingerprint density at radius 3 is 2.58 bits per heavy atom. The third kappa shape index (κ3) is 4.77. The summed E-state index contributed by atoms with van der Waals surface area (Å²) in [5.74, 6) is -3.44. The average Bonchev–Trinajstić information content (AvgIpc) is 3.33. The lowest BCUT2D eigenvalue weighted by Crippen LogP contribution is -2.34. The lowest BCUT2D eigenvalue weighted by atomic mass is 9.92. The van der Waals surface area contributed by atoms with Gasteiger partial charge in [-0.1, -0.05) is 47.6 Å². The van der Waals surface area contributed by atoms with Crippen LogP contribution >= 0.6 is 0 Å². The van der Waals surface area contributed by atoms with E-state index in [0.29, 0.717) is 30.0 Å². The van der Waals surface area contributed by atoms with Gasteiger partial charge in [-0.15, -0.1) is 0 Å². The summed E-state index contributed by atoms with van der Waals surface area (Å²) in [4.78, 5) is 17.4. The van der Waals surface area contributed by atoms with Crippen molar-refractivity contribution in [1.29, 1.82) is 0 Å². The number of alkyl halides is 2. The Morgan fingerprint density at radius 2 is 1.83 bits per heavy atom. The van der Waals surface area contributed by atoms with E-state index >= 15 is 0 Å². The Morgan fingerprint density at radius 1 is 1.06 bits per heavy atom. The largest absolute Gasteiger partial charge is 0.480 e. The van der Waals surface area contributed by atoms with Gasteiger partial charge in [-0.25, -0.2) is 8.78 Å². The van der Waals surface area contributed by atoms with Crippen LogP contribution in [-0.4, -0.2) is 39.2 Å². The van der Waals surface area contributed by atoms with Crippen LogP contribution in [0.25, 0.3) is 34.0 Å². The zero-order valence-electron chi connectivity index (χ0n) is 20.0. The van der Waals surface area contributed by atoms with Gasteiger partial charge in [0.2, 0.25) is 5.82 Å². The van der Waals surface area contributed by atoms with Crippen molar-refractivity contribution in [1.82, 2.24) is 15.0 Å². The molecule has 0 spiro atoms. The second kappa shape index (κ2) is 9.28. The molecule has 0 saturated heterocycles. The number of hydrogen-bond donors (Lipinski definition) is 1. The zero-order chi connectivity index (χ0) is 25.4. The van der Waals surface area contributed by atoms with Gasteiger partial charge in [0.25, 0.3) is 11.8 Å². The number of carboxylic acids is 1. The van der Waals surface area contributed by atoms with E-state index in [1.165, 1.54) is 6.07 Å². The number of halogens is 2. The summed E-state index contributed by atoms with van der Waals surface area (Å²) in [7, 11) is 0. The molecule has 0 radical (unpaired) electrons. The second-order valence-corrected chi connectivity index (χ2v) is 9.22. The number of fused-ring (bicyclic) bond motifs is 1. The molecule has 4 aromatic rings. The molecule has 1 aromatic heterocycles. The molecule has 0 unspecified atom stereocenters. The Balaban J connectivity index is 1.47. The standard InChI is InChI=1S/C28H25F2N3O3/c1-17-5-3-4-6-22(17)23-10-9-20(14-24(23)28(2,29)30)27-31-26(32-36-27)19-8-7-18-11-12-33(16-25(34)35)15-21(18)13-19/h3-10,13-14H,11-12,15-16H2,1-2H3,(H,34,35). The number of aliphatic carboxylic acids is 1. The Labute approximate surface area is 207 Å². The summed E-state index contributed by atoms with van der Waals surface area (Å²) in [5.41, 5.74) is 5.31. The Kier molecular flexibility index (Phi) is 6.14. The maximum Gasteiger partial charge on any atom is 0.317 e. The fraction of sp³-hybridized carbons (Fsp3) is 0.250. The molecule has 0 aliphatic carbocycles. The normalized spacial score (nSPS) is 14.0. The van der Waals surface area contributed by atoms with E-state index in [4.69, 9.17) is 9.63 Å². The molecule has 5 rings (SSSR count). The van der Waals surface area contributed by atoms with Gasteiger partial charge in [-0.3, -0.25) is 9.69 Å². The molecule has 184 valence electrons. The third-order valence-electron chi connectivity index (χ3n) is 6.52. The highest BCUT2D eigenvalue weighted by Gasteiger charge is 2.30.